The molecule has 3 rings (SSSR count). The normalized spacial score (nSPS) is 12.5. The number of carboxylic acid groups (broad SMARTS) is 1. The van der Waals surface area contributed by atoms with Crippen LogP contribution in [0.5, 0.6) is 0 Å². The third-order valence-corrected chi connectivity index (χ3v) is 5.24. The molecule has 0 radical (unpaired) electrons. The average Bonchev–Trinajstić information content (AvgIpc) is 2.98. The summed E-state index contributed by atoms with van der Waals surface area (Å²) < 4.78 is 0. The van der Waals surface area contributed by atoms with E-state index >= 15 is 0 Å². The molecular weight excluding hydrogens is 346 g/mol. The van der Waals surface area contributed by atoms with Gasteiger partial charge in [0.15, 0.2) is 0 Å². The maximum atomic E-state index is 11.7. The summed E-state index contributed by atoms with van der Waals surface area (Å²) in [6.07, 6.45) is 2.02. The van der Waals surface area contributed by atoms with Crippen molar-refractivity contribution in [2.45, 2.75) is 40.2 Å². The highest BCUT2D eigenvalue weighted by molar-refractivity contribution is 7.17. The molecule has 3 aromatic rings. The summed E-state index contributed by atoms with van der Waals surface area (Å²) in [4.78, 5) is 21.2. The van der Waals surface area contributed by atoms with Crippen molar-refractivity contribution in [1.29, 1.82) is 0 Å². The maximum Gasteiger partial charge on any atom is 0.326 e. The van der Waals surface area contributed by atoms with Gasteiger partial charge in [-0.2, -0.15) is 0 Å². The van der Waals surface area contributed by atoms with Gasteiger partial charge in [0.05, 0.1) is 5.39 Å². The zero-order valence-electron chi connectivity index (χ0n) is 15.4. The van der Waals surface area contributed by atoms with Crippen LogP contribution in [0.25, 0.3) is 21.3 Å². The third-order valence-electron chi connectivity index (χ3n) is 4.36. The number of aryl methyl sites for hydroxylation is 2. The second-order valence-electron chi connectivity index (χ2n) is 7.03. The lowest BCUT2D eigenvalue weighted by molar-refractivity contribution is -0.138. The van der Waals surface area contributed by atoms with Crippen molar-refractivity contribution in [1.82, 2.24) is 9.97 Å². The van der Waals surface area contributed by atoms with Gasteiger partial charge in [0.25, 0.3) is 0 Å². The summed E-state index contributed by atoms with van der Waals surface area (Å²) in [5.74, 6) is -0.0183. The largest absolute Gasteiger partial charge is 0.480 e. The number of thiophene rings is 1. The van der Waals surface area contributed by atoms with Crippen LogP contribution in [0, 0.1) is 19.8 Å². The van der Waals surface area contributed by atoms with Crippen LogP contribution >= 0.6 is 11.3 Å². The number of nitrogens with zero attached hydrogens (tertiary/aromatic N) is 2. The minimum atomic E-state index is -0.867. The van der Waals surface area contributed by atoms with Gasteiger partial charge in [0.1, 0.15) is 23.0 Å². The molecule has 1 aromatic carbocycles. The predicted octanol–water partition coefficient (Wildman–Crippen LogP) is 4.89. The van der Waals surface area contributed by atoms with E-state index < -0.39 is 12.0 Å². The first-order chi connectivity index (χ1) is 12.4. The number of rotatable bonds is 6. The molecule has 0 spiro atoms. The van der Waals surface area contributed by atoms with Gasteiger partial charge >= 0.3 is 5.97 Å². The van der Waals surface area contributed by atoms with E-state index in [0.29, 0.717) is 12.2 Å². The van der Waals surface area contributed by atoms with Gasteiger partial charge in [-0.05, 0) is 37.3 Å². The molecule has 0 fully saturated rings. The molecule has 0 aliphatic carbocycles. The maximum absolute atomic E-state index is 11.7. The number of carbonyl (C=O) groups is 1. The molecule has 5 nitrogen and oxygen atoms in total. The Labute approximate surface area is 157 Å². The topological polar surface area (TPSA) is 75.1 Å². The lowest BCUT2D eigenvalue weighted by atomic mass is 9.98. The second kappa shape index (κ2) is 7.41. The van der Waals surface area contributed by atoms with Gasteiger partial charge in [-0.15, -0.1) is 11.3 Å². The fourth-order valence-electron chi connectivity index (χ4n) is 3.16. The highest BCUT2D eigenvalue weighted by Crippen LogP contribution is 2.38. The summed E-state index contributed by atoms with van der Waals surface area (Å²) in [5.41, 5.74) is 4.55. The standard InChI is InChI=1S/C20H23N3O2S/c1-11(2)7-16(20(24)25)23-18-17-15(9-26-19(17)22-10-21-18)14-6-5-12(3)8-13(14)4/h5-6,8-11,16H,7H2,1-4H3,(H,24,25)(H,21,22,23). The van der Waals surface area contributed by atoms with Crippen LogP contribution in [-0.4, -0.2) is 27.1 Å². The molecule has 6 heteroatoms. The molecule has 0 aliphatic rings. The van der Waals surface area contributed by atoms with Crippen LogP contribution in [0.15, 0.2) is 29.9 Å². The number of carboxylic acids is 1. The number of hydrogen-bond donors (Lipinski definition) is 2. The van der Waals surface area contributed by atoms with Gasteiger partial charge in [-0.1, -0.05) is 37.6 Å². The molecule has 0 saturated heterocycles. The Kier molecular flexibility index (Phi) is 5.23. The minimum absolute atomic E-state index is 0.266. The number of aromatic nitrogens is 2. The fourth-order valence-corrected chi connectivity index (χ4v) is 4.06. The van der Waals surface area contributed by atoms with Gasteiger partial charge < -0.3 is 10.4 Å². The van der Waals surface area contributed by atoms with E-state index in [1.54, 1.807) is 11.3 Å². The van der Waals surface area contributed by atoms with E-state index in [9.17, 15) is 9.90 Å². The van der Waals surface area contributed by atoms with Crippen molar-refractivity contribution >= 4 is 33.3 Å². The van der Waals surface area contributed by atoms with Crippen molar-refractivity contribution < 1.29 is 9.90 Å². The molecule has 26 heavy (non-hydrogen) atoms. The van der Waals surface area contributed by atoms with E-state index in [4.69, 9.17) is 0 Å². The second-order valence-corrected chi connectivity index (χ2v) is 7.89. The first-order valence-corrected chi connectivity index (χ1v) is 9.54. The summed E-state index contributed by atoms with van der Waals surface area (Å²) in [6, 6.07) is 5.65. The Balaban J connectivity index is 2.09. The highest BCUT2D eigenvalue weighted by Gasteiger charge is 2.22. The highest BCUT2D eigenvalue weighted by atomic mass is 32.1. The van der Waals surface area contributed by atoms with Crippen LogP contribution in [0.4, 0.5) is 5.82 Å². The summed E-state index contributed by atoms with van der Waals surface area (Å²) in [5, 5.41) is 15.7. The van der Waals surface area contributed by atoms with Gasteiger partial charge in [0.2, 0.25) is 0 Å². The number of aliphatic carboxylic acids is 1. The monoisotopic (exact) mass is 369 g/mol. The zero-order valence-corrected chi connectivity index (χ0v) is 16.2. The first kappa shape index (κ1) is 18.3. The Bertz CT molecular complexity index is 949. The van der Waals surface area contributed by atoms with E-state index in [-0.39, 0.29) is 5.92 Å². The predicted molar refractivity (Wildman–Crippen MR) is 107 cm³/mol. The molecule has 1 unspecified atom stereocenters. The van der Waals surface area contributed by atoms with Crippen molar-refractivity contribution in [3.05, 3.63) is 41.0 Å². The number of fused-ring (bicyclic) bond motifs is 1. The first-order valence-electron chi connectivity index (χ1n) is 8.66. The minimum Gasteiger partial charge on any atom is -0.480 e. The Hall–Kier alpha value is -2.47. The molecule has 136 valence electrons. The Morgan fingerprint density at radius 2 is 2.00 bits per heavy atom. The molecule has 0 amide bonds. The van der Waals surface area contributed by atoms with Crippen molar-refractivity contribution in [3.63, 3.8) is 0 Å². The number of benzene rings is 1. The Morgan fingerprint density at radius 3 is 2.65 bits per heavy atom. The van der Waals surface area contributed by atoms with Gasteiger partial charge in [-0.3, -0.25) is 0 Å². The third kappa shape index (κ3) is 3.70. The fraction of sp³-hybridized carbons (Fsp3) is 0.350. The molecule has 2 aromatic heterocycles. The van der Waals surface area contributed by atoms with Crippen LogP contribution < -0.4 is 5.32 Å². The van der Waals surface area contributed by atoms with Gasteiger partial charge in [0, 0.05) is 10.9 Å². The van der Waals surface area contributed by atoms with Crippen molar-refractivity contribution in [3.8, 4) is 11.1 Å². The summed E-state index contributed by atoms with van der Waals surface area (Å²) in [6.45, 7) is 8.18. The number of anilines is 1. The quantitative estimate of drug-likeness (QED) is 0.647. The molecule has 2 N–H and O–H groups in total. The van der Waals surface area contributed by atoms with E-state index in [0.717, 1.165) is 21.3 Å². The van der Waals surface area contributed by atoms with Crippen LogP contribution in [-0.2, 0) is 4.79 Å². The summed E-state index contributed by atoms with van der Waals surface area (Å²) >= 11 is 1.55. The number of nitrogens with one attached hydrogen (secondary N) is 1. The van der Waals surface area contributed by atoms with E-state index in [2.05, 4.69) is 52.7 Å². The lowest BCUT2D eigenvalue weighted by Gasteiger charge is -2.18. The molecule has 1 atom stereocenters. The summed E-state index contributed by atoms with van der Waals surface area (Å²) in [7, 11) is 0. The van der Waals surface area contributed by atoms with Crippen LogP contribution in [0.3, 0.4) is 0 Å². The van der Waals surface area contributed by atoms with E-state index in [1.165, 1.54) is 17.5 Å². The van der Waals surface area contributed by atoms with Crippen LogP contribution in [0.1, 0.15) is 31.4 Å². The smallest absolute Gasteiger partial charge is 0.326 e. The van der Waals surface area contributed by atoms with E-state index in [1.807, 2.05) is 13.8 Å². The average molecular weight is 369 g/mol. The number of hydrogen-bond acceptors (Lipinski definition) is 5. The molecule has 0 aliphatic heterocycles. The zero-order chi connectivity index (χ0) is 18.8. The van der Waals surface area contributed by atoms with Crippen molar-refractivity contribution in [2.24, 2.45) is 5.92 Å². The molecule has 0 saturated carbocycles. The van der Waals surface area contributed by atoms with Gasteiger partial charge in [-0.25, -0.2) is 14.8 Å². The molecular formula is C20H23N3O2S. The van der Waals surface area contributed by atoms with Crippen molar-refractivity contribution in [2.75, 3.05) is 5.32 Å². The Morgan fingerprint density at radius 1 is 1.23 bits per heavy atom. The molecule has 2 heterocycles. The lowest BCUT2D eigenvalue weighted by Crippen LogP contribution is -2.31. The van der Waals surface area contributed by atoms with Crippen LogP contribution in [0.2, 0.25) is 0 Å². The molecule has 0 bridgehead atoms. The SMILES string of the molecule is Cc1ccc(-c2csc3ncnc(NC(CC(C)C)C(=O)O)c23)c(C)c1.